The van der Waals surface area contributed by atoms with Crippen LogP contribution in [0.5, 0.6) is 0 Å². The molecule has 0 amide bonds. The Morgan fingerprint density at radius 2 is 1.68 bits per heavy atom. The molecular weight excluding hydrogens is 230 g/mol. The molecular formula is C18H23N. The first-order valence-corrected chi connectivity index (χ1v) is 7.09. The van der Waals surface area contributed by atoms with Gasteiger partial charge in [0.2, 0.25) is 0 Å². The molecule has 0 saturated carbocycles. The highest BCUT2D eigenvalue weighted by Crippen LogP contribution is 2.21. The highest BCUT2D eigenvalue weighted by Gasteiger charge is 2.02. The Morgan fingerprint density at radius 3 is 2.32 bits per heavy atom. The third kappa shape index (κ3) is 3.60. The van der Waals surface area contributed by atoms with Crippen molar-refractivity contribution in [3.63, 3.8) is 0 Å². The summed E-state index contributed by atoms with van der Waals surface area (Å²) in [5.74, 6) is 0.644. The highest BCUT2D eigenvalue weighted by atomic mass is 14.9. The van der Waals surface area contributed by atoms with Gasteiger partial charge < -0.3 is 5.32 Å². The van der Waals surface area contributed by atoms with Gasteiger partial charge in [0.15, 0.2) is 0 Å². The van der Waals surface area contributed by atoms with Gasteiger partial charge in [-0.1, -0.05) is 50.2 Å². The average molecular weight is 253 g/mol. The zero-order valence-corrected chi connectivity index (χ0v) is 12.1. The zero-order chi connectivity index (χ0) is 13.7. The second-order valence-electron chi connectivity index (χ2n) is 5.21. The van der Waals surface area contributed by atoms with Gasteiger partial charge >= 0.3 is 0 Å². The van der Waals surface area contributed by atoms with E-state index in [-0.39, 0.29) is 0 Å². The first-order chi connectivity index (χ1) is 9.20. The van der Waals surface area contributed by atoms with Crippen molar-refractivity contribution in [2.45, 2.75) is 39.7 Å². The van der Waals surface area contributed by atoms with Gasteiger partial charge in [0.1, 0.15) is 0 Å². The van der Waals surface area contributed by atoms with E-state index < -0.39 is 0 Å². The Labute approximate surface area is 116 Å². The van der Waals surface area contributed by atoms with Crippen LogP contribution in [0.3, 0.4) is 0 Å². The molecule has 19 heavy (non-hydrogen) atoms. The molecule has 0 aliphatic carbocycles. The lowest BCUT2D eigenvalue weighted by molar-refractivity contribution is 0.734. The second kappa shape index (κ2) is 6.42. The Hall–Kier alpha value is -1.76. The van der Waals surface area contributed by atoms with Crippen molar-refractivity contribution in [2.75, 3.05) is 5.32 Å². The number of anilines is 1. The smallest absolute Gasteiger partial charge is 0.0403 e. The van der Waals surface area contributed by atoms with Gasteiger partial charge in [0.05, 0.1) is 0 Å². The second-order valence-corrected chi connectivity index (χ2v) is 5.21. The van der Waals surface area contributed by atoms with Crippen LogP contribution in [0.15, 0.2) is 48.5 Å². The first kappa shape index (κ1) is 13.7. The van der Waals surface area contributed by atoms with Crippen LogP contribution in [0, 0.1) is 6.92 Å². The minimum absolute atomic E-state index is 0.644. The number of aryl methyl sites for hydroxylation is 1. The van der Waals surface area contributed by atoms with Crippen LogP contribution < -0.4 is 5.32 Å². The fourth-order valence-corrected chi connectivity index (χ4v) is 2.17. The largest absolute Gasteiger partial charge is 0.381 e. The van der Waals surface area contributed by atoms with Crippen LogP contribution >= 0.6 is 0 Å². The van der Waals surface area contributed by atoms with Gasteiger partial charge in [-0.25, -0.2) is 0 Å². The average Bonchev–Trinajstić information content (AvgIpc) is 2.46. The summed E-state index contributed by atoms with van der Waals surface area (Å²) in [6, 6.07) is 17.3. The van der Waals surface area contributed by atoms with E-state index >= 15 is 0 Å². The predicted octanol–water partition coefficient (Wildman–Crippen LogP) is 5.12. The monoisotopic (exact) mass is 253 g/mol. The normalized spacial score (nSPS) is 12.2. The molecule has 0 aromatic heterocycles. The van der Waals surface area contributed by atoms with Crippen molar-refractivity contribution in [1.82, 2.24) is 0 Å². The lowest BCUT2D eigenvalue weighted by Gasteiger charge is -2.12. The quantitative estimate of drug-likeness (QED) is 0.779. The van der Waals surface area contributed by atoms with Gasteiger partial charge in [-0.3, -0.25) is 0 Å². The van der Waals surface area contributed by atoms with Crippen molar-refractivity contribution in [3.8, 4) is 0 Å². The summed E-state index contributed by atoms with van der Waals surface area (Å²) in [7, 11) is 0. The summed E-state index contributed by atoms with van der Waals surface area (Å²) in [4.78, 5) is 0. The van der Waals surface area contributed by atoms with E-state index in [0.29, 0.717) is 5.92 Å². The number of hydrogen-bond acceptors (Lipinski definition) is 1. The van der Waals surface area contributed by atoms with Crippen molar-refractivity contribution in [1.29, 1.82) is 0 Å². The van der Waals surface area contributed by atoms with E-state index in [1.54, 1.807) is 0 Å². The van der Waals surface area contributed by atoms with Crippen LogP contribution in [0.2, 0.25) is 0 Å². The SMILES string of the molecule is CCC(C)c1ccc(NCc2ccccc2C)cc1. The molecule has 0 fully saturated rings. The molecule has 1 atom stereocenters. The molecule has 0 saturated heterocycles. The molecule has 1 unspecified atom stereocenters. The lowest BCUT2D eigenvalue weighted by Crippen LogP contribution is -2.01. The summed E-state index contributed by atoms with van der Waals surface area (Å²) in [5.41, 5.74) is 5.30. The van der Waals surface area contributed by atoms with Crippen LogP contribution in [0.25, 0.3) is 0 Å². The van der Waals surface area contributed by atoms with Gasteiger partial charge in [-0.05, 0) is 48.1 Å². The minimum Gasteiger partial charge on any atom is -0.381 e. The van der Waals surface area contributed by atoms with E-state index in [1.165, 1.54) is 28.8 Å². The highest BCUT2D eigenvalue weighted by molar-refractivity contribution is 5.46. The van der Waals surface area contributed by atoms with E-state index in [1.807, 2.05) is 0 Å². The maximum atomic E-state index is 3.49. The Kier molecular flexibility index (Phi) is 4.62. The lowest BCUT2D eigenvalue weighted by atomic mass is 9.98. The van der Waals surface area contributed by atoms with Gasteiger partial charge in [0.25, 0.3) is 0 Å². The molecule has 0 heterocycles. The molecule has 2 aromatic rings. The van der Waals surface area contributed by atoms with E-state index in [2.05, 4.69) is 74.6 Å². The maximum absolute atomic E-state index is 3.49. The molecule has 2 aromatic carbocycles. The molecule has 1 nitrogen and oxygen atoms in total. The Morgan fingerprint density at radius 1 is 1.00 bits per heavy atom. The fourth-order valence-electron chi connectivity index (χ4n) is 2.17. The molecule has 0 radical (unpaired) electrons. The number of nitrogens with one attached hydrogen (secondary N) is 1. The summed E-state index contributed by atoms with van der Waals surface area (Å²) in [6.45, 7) is 7.54. The molecule has 0 aliphatic rings. The first-order valence-electron chi connectivity index (χ1n) is 7.09. The summed E-state index contributed by atoms with van der Waals surface area (Å²) >= 11 is 0. The number of benzene rings is 2. The molecule has 2 rings (SSSR count). The van der Waals surface area contributed by atoms with Gasteiger partial charge in [-0.15, -0.1) is 0 Å². The van der Waals surface area contributed by atoms with Crippen molar-refractivity contribution < 1.29 is 0 Å². The van der Waals surface area contributed by atoms with E-state index in [9.17, 15) is 0 Å². The molecule has 0 bridgehead atoms. The summed E-state index contributed by atoms with van der Waals surface area (Å²) in [6.07, 6.45) is 1.19. The van der Waals surface area contributed by atoms with Crippen molar-refractivity contribution in [3.05, 3.63) is 65.2 Å². The number of hydrogen-bond donors (Lipinski definition) is 1. The molecule has 1 heteroatoms. The Bertz CT molecular complexity index is 513. The van der Waals surface area contributed by atoms with Crippen molar-refractivity contribution >= 4 is 5.69 Å². The third-order valence-electron chi connectivity index (χ3n) is 3.84. The molecule has 0 aliphatic heterocycles. The van der Waals surface area contributed by atoms with Crippen LogP contribution in [-0.2, 0) is 6.54 Å². The molecule has 0 spiro atoms. The minimum atomic E-state index is 0.644. The summed E-state index contributed by atoms with van der Waals surface area (Å²) in [5, 5.41) is 3.49. The van der Waals surface area contributed by atoms with Crippen LogP contribution in [0.1, 0.15) is 42.9 Å². The number of rotatable bonds is 5. The summed E-state index contributed by atoms with van der Waals surface area (Å²) < 4.78 is 0. The zero-order valence-electron chi connectivity index (χ0n) is 12.1. The van der Waals surface area contributed by atoms with Crippen LogP contribution in [-0.4, -0.2) is 0 Å². The maximum Gasteiger partial charge on any atom is 0.0403 e. The predicted molar refractivity (Wildman–Crippen MR) is 83.7 cm³/mol. The van der Waals surface area contributed by atoms with E-state index in [4.69, 9.17) is 0 Å². The third-order valence-corrected chi connectivity index (χ3v) is 3.84. The standard InChI is InChI=1S/C18H23N/c1-4-14(2)16-9-11-18(12-10-16)19-13-17-8-6-5-7-15(17)3/h5-12,14,19H,4,13H2,1-3H3. The van der Waals surface area contributed by atoms with E-state index in [0.717, 1.165) is 6.54 Å². The fraction of sp³-hybridized carbons (Fsp3) is 0.333. The Balaban J connectivity index is 1.99. The topological polar surface area (TPSA) is 12.0 Å². The van der Waals surface area contributed by atoms with Crippen molar-refractivity contribution in [2.24, 2.45) is 0 Å². The molecule has 1 N–H and O–H groups in total. The van der Waals surface area contributed by atoms with Crippen LogP contribution in [0.4, 0.5) is 5.69 Å². The van der Waals surface area contributed by atoms with Gasteiger partial charge in [0, 0.05) is 12.2 Å². The molecule has 100 valence electrons. The van der Waals surface area contributed by atoms with Gasteiger partial charge in [-0.2, -0.15) is 0 Å².